The molecule has 1 unspecified atom stereocenters. The fourth-order valence-electron chi connectivity index (χ4n) is 1.71. The van der Waals surface area contributed by atoms with Crippen molar-refractivity contribution in [2.45, 2.75) is 38.6 Å². The van der Waals surface area contributed by atoms with Crippen LogP contribution in [0, 0.1) is 0 Å². The highest BCUT2D eigenvalue weighted by molar-refractivity contribution is 7.89. The van der Waals surface area contributed by atoms with E-state index in [1.807, 2.05) is 27.1 Å². The first-order valence-corrected chi connectivity index (χ1v) is 7.90. The molecule has 1 aromatic heterocycles. The normalized spacial score (nSPS) is 14.3. The predicted molar refractivity (Wildman–Crippen MR) is 76.2 cm³/mol. The van der Waals surface area contributed by atoms with Crippen molar-refractivity contribution in [1.29, 1.82) is 0 Å². The van der Waals surface area contributed by atoms with Gasteiger partial charge in [-0.3, -0.25) is 4.68 Å². The molecule has 1 heterocycles. The van der Waals surface area contributed by atoms with Crippen molar-refractivity contribution >= 4 is 10.0 Å². The second-order valence-electron chi connectivity index (χ2n) is 5.20. The maximum absolute atomic E-state index is 12.3. The monoisotopic (exact) mass is 288 g/mol. The first-order chi connectivity index (χ1) is 8.73. The third-order valence-corrected chi connectivity index (χ3v) is 5.10. The van der Waals surface area contributed by atoms with E-state index in [1.165, 1.54) is 4.31 Å². The number of hydrogen-bond donors (Lipinski definition) is 1. The fraction of sp³-hybridized carbons (Fsp3) is 0.750. The zero-order valence-electron chi connectivity index (χ0n) is 12.3. The molecule has 0 saturated heterocycles. The average Bonchev–Trinajstić information content (AvgIpc) is 2.71. The fourth-order valence-corrected chi connectivity index (χ4v) is 2.96. The summed E-state index contributed by atoms with van der Waals surface area (Å²) in [5.74, 6) is 0. The lowest BCUT2D eigenvalue weighted by molar-refractivity contribution is 0.450. The topological polar surface area (TPSA) is 67.2 Å². The molecule has 0 aliphatic carbocycles. The van der Waals surface area contributed by atoms with Gasteiger partial charge < -0.3 is 5.32 Å². The molecule has 0 saturated carbocycles. The van der Waals surface area contributed by atoms with Crippen molar-refractivity contribution in [3.05, 3.63) is 18.0 Å². The van der Waals surface area contributed by atoms with Crippen molar-refractivity contribution in [3.8, 4) is 0 Å². The van der Waals surface area contributed by atoms with Crippen molar-refractivity contribution in [3.63, 3.8) is 0 Å². The van der Waals surface area contributed by atoms with Crippen LogP contribution in [0.4, 0.5) is 0 Å². The van der Waals surface area contributed by atoms with Gasteiger partial charge >= 0.3 is 0 Å². The first kappa shape index (κ1) is 16.1. The first-order valence-electron chi connectivity index (χ1n) is 6.39. The summed E-state index contributed by atoms with van der Waals surface area (Å²) >= 11 is 0. The van der Waals surface area contributed by atoms with Gasteiger partial charge in [0.1, 0.15) is 0 Å². The molecule has 6 nitrogen and oxygen atoms in total. The Hall–Kier alpha value is -0.920. The molecule has 7 heteroatoms. The van der Waals surface area contributed by atoms with Crippen LogP contribution in [0.25, 0.3) is 0 Å². The molecule has 0 aliphatic rings. The minimum atomic E-state index is -3.29. The molecule has 0 fully saturated rings. The number of rotatable bonds is 7. The van der Waals surface area contributed by atoms with E-state index < -0.39 is 15.3 Å². The molecule has 0 radical (unpaired) electrons. The Kier molecular flexibility index (Phi) is 5.51. The number of aryl methyl sites for hydroxylation is 1. The highest BCUT2D eigenvalue weighted by Crippen LogP contribution is 2.11. The lowest BCUT2D eigenvalue weighted by Crippen LogP contribution is -2.41. The second kappa shape index (κ2) is 6.49. The zero-order chi connectivity index (χ0) is 14.6. The average molecular weight is 288 g/mol. The number of hydrogen-bond acceptors (Lipinski definition) is 4. The van der Waals surface area contributed by atoms with E-state index in [2.05, 4.69) is 10.4 Å². The standard InChI is InChI=1S/C12H24N4O2S/c1-10(2)13-6-11(3)19(17,18)16(5)9-12-7-14-15(4)8-12/h7-8,10-11,13H,6,9H2,1-5H3. The van der Waals surface area contributed by atoms with Crippen molar-refractivity contribution < 1.29 is 8.42 Å². The third-order valence-electron chi connectivity index (χ3n) is 2.92. The van der Waals surface area contributed by atoms with Crippen LogP contribution in [0.2, 0.25) is 0 Å². The van der Waals surface area contributed by atoms with Crippen molar-refractivity contribution in [2.75, 3.05) is 13.6 Å². The van der Waals surface area contributed by atoms with E-state index in [0.29, 0.717) is 13.1 Å². The van der Waals surface area contributed by atoms with E-state index in [0.717, 1.165) is 5.56 Å². The summed E-state index contributed by atoms with van der Waals surface area (Å²) in [5, 5.41) is 6.74. The molecule has 19 heavy (non-hydrogen) atoms. The van der Waals surface area contributed by atoms with Crippen LogP contribution in [0.5, 0.6) is 0 Å². The van der Waals surface area contributed by atoms with E-state index in [1.54, 1.807) is 24.9 Å². The molecule has 0 spiro atoms. The van der Waals surface area contributed by atoms with E-state index in [4.69, 9.17) is 0 Å². The minimum Gasteiger partial charge on any atom is -0.313 e. The Bertz CT molecular complexity index is 496. The van der Waals surface area contributed by atoms with E-state index >= 15 is 0 Å². The lowest BCUT2D eigenvalue weighted by Gasteiger charge is -2.22. The number of nitrogens with zero attached hydrogens (tertiary/aromatic N) is 3. The molecule has 110 valence electrons. The summed E-state index contributed by atoms with van der Waals surface area (Å²) in [4.78, 5) is 0. The van der Waals surface area contributed by atoms with Gasteiger partial charge in [0, 0.05) is 45.0 Å². The van der Waals surface area contributed by atoms with Crippen molar-refractivity contribution in [1.82, 2.24) is 19.4 Å². The minimum absolute atomic E-state index is 0.279. The molecule has 1 atom stereocenters. The SMILES string of the molecule is CC(C)NCC(C)S(=O)(=O)N(C)Cc1cnn(C)c1. The molecule has 0 aliphatic heterocycles. The summed E-state index contributed by atoms with van der Waals surface area (Å²) in [6.45, 7) is 6.53. The van der Waals surface area contributed by atoms with Crippen LogP contribution in [-0.2, 0) is 23.6 Å². The predicted octanol–water partition coefficient (Wildman–Crippen LogP) is 0.568. The Balaban J connectivity index is 2.65. The smallest absolute Gasteiger partial charge is 0.218 e. The van der Waals surface area contributed by atoms with Crippen LogP contribution < -0.4 is 5.32 Å². The van der Waals surface area contributed by atoms with Crippen LogP contribution >= 0.6 is 0 Å². The largest absolute Gasteiger partial charge is 0.313 e. The summed E-state index contributed by atoms with van der Waals surface area (Å²) < 4.78 is 27.7. The Morgan fingerprint density at radius 2 is 2.05 bits per heavy atom. The number of aromatic nitrogens is 2. The quantitative estimate of drug-likeness (QED) is 0.796. The van der Waals surface area contributed by atoms with E-state index in [9.17, 15) is 8.42 Å². The Morgan fingerprint density at radius 3 is 2.53 bits per heavy atom. The summed E-state index contributed by atoms with van der Waals surface area (Å²) in [7, 11) is 0.128. The molecule has 0 aromatic carbocycles. The number of nitrogens with one attached hydrogen (secondary N) is 1. The molecule has 1 N–H and O–H groups in total. The molecular formula is C12H24N4O2S. The van der Waals surface area contributed by atoms with Gasteiger partial charge in [-0.2, -0.15) is 5.10 Å². The van der Waals surface area contributed by atoms with Gasteiger partial charge in [-0.15, -0.1) is 0 Å². The molecule has 1 rings (SSSR count). The van der Waals surface area contributed by atoms with Crippen LogP contribution in [0.15, 0.2) is 12.4 Å². The molecule has 1 aromatic rings. The highest BCUT2D eigenvalue weighted by atomic mass is 32.2. The van der Waals surface area contributed by atoms with Gasteiger partial charge in [0.05, 0.1) is 11.4 Å². The number of sulfonamides is 1. The molecular weight excluding hydrogens is 264 g/mol. The van der Waals surface area contributed by atoms with Gasteiger partial charge in [0.25, 0.3) is 0 Å². The second-order valence-corrected chi connectivity index (χ2v) is 7.65. The van der Waals surface area contributed by atoms with Crippen LogP contribution in [0.3, 0.4) is 0 Å². The summed E-state index contributed by atoms with van der Waals surface area (Å²) in [6.07, 6.45) is 3.51. The van der Waals surface area contributed by atoms with Gasteiger partial charge in [0.2, 0.25) is 10.0 Å². The summed E-state index contributed by atoms with van der Waals surface area (Å²) in [5.41, 5.74) is 0.887. The summed E-state index contributed by atoms with van der Waals surface area (Å²) in [6, 6.07) is 0.279. The zero-order valence-corrected chi connectivity index (χ0v) is 13.1. The van der Waals surface area contributed by atoms with Gasteiger partial charge in [-0.1, -0.05) is 13.8 Å². The Morgan fingerprint density at radius 1 is 1.42 bits per heavy atom. The maximum atomic E-state index is 12.3. The van der Waals surface area contributed by atoms with Gasteiger partial charge in [-0.05, 0) is 6.92 Å². The highest BCUT2D eigenvalue weighted by Gasteiger charge is 2.26. The maximum Gasteiger partial charge on any atom is 0.218 e. The van der Waals surface area contributed by atoms with E-state index in [-0.39, 0.29) is 6.04 Å². The Labute approximate surface area is 115 Å². The molecule has 0 bridgehead atoms. The van der Waals surface area contributed by atoms with Gasteiger partial charge in [-0.25, -0.2) is 12.7 Å². The van der Waals surface area contributed by atoms with Gasteiger partial charge in [0.15, 0.2) is 0 Å². The van der Waals surface area contributed by atoms with Crippen LogP contribution in [-0.4, -0.2) is 47.4 Å². The van der Waals surface area contributed by atoms with Crippen molar-refractivity contribution in [2.24, 2.45) is 7.05 Å². The molecule has 0 amide bonds. The lowest BCUT2D eigenvalue weighted by atomic mass is 10.3. The van der Waals surface area contributed by atoms with Crippen LogP contribution in [0.1, 0.15) is 26.3 Å². The third kappa shape index (κ3) is 4.59.